The van der Waals surface area contributed by atoms with E-state index in [0.717, 1.165) is 17.0 Å². The Morgan fingerprint density at radius 3 is 2.42 bits per heavy atom. The number of benzene rings is 2. The summed E-state index contributed by atoms with van der Waals surface area (Å²) in [6.45, 7) is 2.31. The topological polar surface area (TPSA) is 70.4 Å². The molecule has 0 saturated heterocycles. The van der Waals surface area contributed by atoms with E-state index < -0.39 is 0 Å². The van der Waals surface area contributed by atoms with Crippen LogP contribution in [0.15, 0.2) is 71.7 Å². The van der Waals surface area contributed by atoms with Crippen LogP contribution in [0.4, 0.5) is 0 Å². The van der Waals surface area contributed by atoms with Crippen molar-refractivity contribution in [2.45, 2.75) is 13.5 Å². The van der Waals surface area contributed by atoms with Gasteiger partial charge < -0.3 is 14.0 Å². The highest BCUT2D eigenvalue weighted by atomic mass is 16.5. The number of carbonyl (C=O) groups is 1. The predicted molar refractivity (Wildman–Crippen MR) is 119 cm³/mol. The molecule has 0 radical (unpaired) electrons. The number of pyridine rings is 2. The number of aryl methyl sites for hydroxylation is 1. The molecule has 2 aromatic carbocycles. The Morgan fingerprint density at radius 1 is 0.968 bits per heavy atom. The molecule has 0 amide bonds. The normalized spacial score (nSPS) is 10.8. The molecule has 2 heterocycles. The molecule has 0 spiro atoms. The molecule has 0 aliphatic carbocycles. The predicted octanol–water partition coefficient (Wildman–Crippen LogP) is 4.00. The summed E-state index contributed by atoms with van der Waals surface area (Å²) >= 11 is 0. The van der Waals surface area contributed by atoms with Crippen LogP contribution in [0.3, 0.4) is 0 Å². The summed E-state index contributed by atoms with van der Waals surface area (Å²) in [5.41, 5.74) is 2.50. The maximum absolute atomic E-state index is 13.2. The van der Waals surface area contributed by atoms with Gasteiger partial charge in [0.1, 0.15) is 17.1 Å². The highest BCUT2D eigenvalue weighted by molar-refractivity contribution is 6.10. The highest BCUT2D eigenvalue weighted by Gasteiger charge is 2.18. The molecule has 4 aromatic rings. The van der Waals surface area contributed by atoms with E-state index in [1.807, 2.05) is 35.8 Å². The second kappa shape index (κ2) is 8.44. The number of hydrogen-bond donors (Lipinski definition) is 0. The van der Waals surface area contributed by atoms with Crippen molar-refractivity contribution < 1.29 is 14.3 Å². The fourth-order valence-corrected chi connectivity index (χ4v) is 3.51. The minimum atomic E-state index is -0.338. The molecule has 0 aliphatic rings. The zero-order valence-electron chi connectivity index (χ0n) is 17.6. The SMILES string of the molecule is COc1ccc(C(=O)c2cn(Cc3cccc(OC)c3)c3nc(C)ccc3c2=O)cc1. The van der Waals surface area contributed by atoms with Crippen LogP contribution in [-0.2, 0) is 6.54 Å². The number of methoxy groups -OCH3 is 2. The lowest BCUT2D eigenvalue weighted by Gasteiger charge is -2.14. The van der Waals surface area contributed by atoms with Gasteiger partial charge in [0, 0.05) is 24.0 Å². The van der Waals surface area contributed by atoms with E-state index in [1.54, 1.807) is 56.8 Å². The Kier molecular flexibility index (Phi) is 5.54. The molecule has 31 heavy (non-hydrogen) atoms. The highest BCUT2D eigenvalue weighted by Crippen LogP contribution is 2.19. The van der Waals surface area contributed by atoms with E-state index in [1.165, 1.54) is 0 Å². The van der Waals surface area contributed by atoms with Crippen molar-refractivity contribution in [2.24, 2.45) is 0 Å². The van der Waals surface area contributed by atoms with Crippen molar-refractivity contribution in [3.05, 3.63) is 99.5 Å². The molecule has 156 valence electrons. The van der Waals surface area contributed by atoms with Crippen LogP contribution in [0.2, 0.25) is 0 Å². The second-order valence-electron chi connectivity index (χ2n) is 7.23. The van der Waals surface area contributed by atoms with Crippen LogP contribution in [-0.4, -0.2) is 29.6 Å². The van der Waals surface area contributed by atoms with Crippen molar-refractivity contribution in [2.75, 3.05) is 14.2 Å². The van der Waals surface area contributed by atoms with Crippen LogP contribution in [0.25, 0.3) is 11.0 Å². The Hall–Kier alpha value is -3.93. The average molecular weight is 414 g/mol. The lowest BCUT2D eigenvalue weighted by atomic mass is 10.0. The van der Waals surface area contributed by atoms with Gasteiger partial charge >= 0.3 is 0 Å². The summed E-state index contributed by atoms with van der Waals surface area (Å²) in [5.74, 6) is 1.04. The second-order valence-corrected chi connectivity index (χ2v) is 7.23. The van der Waals surface area contributed by atoms with E-state index in [0.29, 0.717) is 28.9 Å². The van der Waals surface area contributed by atoms with Gasteiger partial charge in [0.2, 0.25) is 5.43 Å². The number of ether oxygens (including phenoxy) is 2. The zero-order chi connectivity index (χ0) is 22.0. The first-order chi connectivity index (χ1) is 15.0. The number of ketones is 1. The molecule has 0 saturated carbocycles. The third kappa shape index (κ3) is 4.05. The molecule has 0 fully saturated rings. The molecule has 0 atom stereocenters. The van der Waals surface area contributed by atoms with Gasteiger partial charge in [-0.1, -0.05) is 12.1 Å². The van der Waals surface area contributed by atoms with E-state index in [2.05, 4.69) is 4.98 Å². The molecule has 6 heteroatoms. The number of fused-ring (bicyclic) bond motifs is 1. The first-order valence-electron chi connectivity index (χ1n) is 9.82. The number of hydrogen-bond acceptors (Lipinski definition) is 5. The van der Waals surface area contributed by atoms with Crippen molar-refractivity contribution in [1.29, 1.82) is 0 Å². The maximum Gasteiger partial charge on any atom is 0.202 e. The molecule has 4 rings (SSSR count). The Labute approximate surface area is 179 Å². The lowest BCUT2D eigenvalue weighted by Crippen LogP contribution is -2.21. The van der Waals surface area contributed by atoms with Crippen molar-refractivity contribution in [3.8, 4) is 11.5 Å². The van der Waals surface area contributed by atoms with Gasteiger partial charge in [0.15, 0.2) is 5.78 Å². The van der Waals surface area contributed by atoms with E-state index in [4.69, 9.17) is 9.47 Å². The fourth-order valence-electron chi connectivity index (χ4n) is 3.51. The van der Waals surface area contributed by atoms with Crippen LogP contribution in [0.1, 0.15) is 27.2 Å². The molecular formula is C25H22N2O4. The third-order valence-corrected chi connectivity index (χ3v) is 5.14. The number of carbonyl (C=O) groups excluding carboxylic acids is 1. The number of nitrogens with zero attached hydrogens (tertiary/aromatic N) is 2. The van der Waals surface area contributed by atoms with Gasteiger partial charge in [-0.15, -0.1) is 0 Å². The van der Waals surface area contributed by atoms with Gasteiger partial charge in [0.05, 0.1) is 25.2 Å². The maximum atomic E-state index is 13.2. The third-order valence-electron chi connectivity index (χ3n) is 5.14. The first-order valence-corrected chi connectivity index (χ1v) is 9.82. The Bertz CT molecular complexity index is 1320. The molecule has 0 unspecified atom stereocenters. The molecule has 0 aliphatic heterocycles. The van der Waals surface area contributed by atoms with E-state index in [-0.39, 0.29) is 16.8 Å². The summed E-state index contributed by atoms with van der Waals surface area (Å²) in [4.78, 5) is 30.9. The van der Waals surface area contributed by atoms with E-state index >= 15 is 0 Å². The van der Waals surface area contributed by atoms with E-state index in [9.17, 15) is 9.59 Å². The standard InChI is InChI=1S/C25H22N2O4/c1-16-7-12-21-24(29)22(23(28)18-8-10-19(30-2)11-9-18)15-27(25(21)26-16)14-17-5-4-6-20(13-17)31-3/h4-13,15H,14H2,1-3H3. The Balaban J connectivity index is 1.86. The lowest BCUT2D eigenvalue weighted by molar-refractivity contribution is 0.103. The number of rotatable bonds is 6. The van der Waals surface area contributed by atoms with Crippen molar-refractivity contribution in [1.82, 2.24) is 9.55 Å². The summed E-state index contributed by atoms with van der Waals surface area (Å²) < 4.78 is 12.3. The molecular weight excluding hydrogens is 392 g/mol. The largest absolute Gasteiger partial charge is 0.497 e. The monoisotopic (exact) mass is 414 g/mol. The van der Waals surface area contributed by atoms with Crippen LogP contribution < -0.4 is 14.9 Å². The molecule has 2 aromatic heterocycles. The van der Waals surface area contributed by atoms with Crippen LogP contribution in [0.5, 0.6) is 11.5 Å². The minimum Gasteiger partial charge on any atom is -0.497 e. The van der Waals surface area contributed by atoms with Gasteiger partial charge in [-0.3, -0.25) is 9.59 Å². The van der Waals surface area contributed by atoms with Crippen LogP contribution in [0, 0.1) is 6.92 Å². The average Bonchev–Trinajstić information content (AvgIpc) is 2.80. The van der Waals surface area contributed by atoms with Crippen LogP contribution >= 0.6 is 0 Å². The van der Waals surface area contributed by atoms with Crippen molar-refractivity contribution in [3.63, 3.8) is 0 Å². The molecule has 0 bridgehead atoms. The summed E-state index contributed by atoms with van der Waals surface area (Å²) in [7, 11) is 3.18. The summed E-state index contributed by atoms with van der Waals surface area (Å²) in [6.07, 6.45) is 1.60. The first kappa shape index (κ1) is 20.3. The fraction of sp³-hybridized carbons (Fsp3) is 0.160. The van der Waals surface area contributed by atoms with Gasteiger partial charge in [-0.25, -0.2) is 4.98 Å². The van der Waals surface area contributed by atoms with Gasteiger partial charge in [-0.2, -0.15) is 0 Å². The molecule has 6 nitrogen and oxygen atoms in total. The Morgan fingerprint density at radius 2 is 1.71 bits per heavy atom. The summed E-state index contributed by atoms with van der Waals surface area (Å²) in [6, 6.07) is 17.9. The smallest absolute Gasteiger partial charge is 0.202 e. The molecule has 0 N–H and O–H groups in total. The van der Waals surface area contributed by atoms with Gasteiger partial charge in [0.25, 0.3) is 0 Å². The number of aromatic nitrogens is 2. The zero-order valence-corrected chi connectivity index (χ0v) is 17.6. The van der Waals surface area contributed by atoms with Gasteiger partial charge in [-0.05, 0) is 61.0 Å². The van der Waals surface area contributed by atoms with Crippen molar-refractivity contribution >= 4 is 16.8 Å². The summed E-state index contributed by atoms with van der Waals surface area (Å²) in [5, 5.41) is 0.410. The quantitative estimate of drug-likeness (QED) is 0.446. The minimum absolute atomic E-state index is 0.103.